The molecule has 196 valence electrons. The minimum Gasteiger partial charge on any atom is -0.355 e. The second-order valence-electron chi connectivity index (χ2n) is 8.76. The molecule has 0 saturated carbocycles. The number of carbonyl (C=O) groups is 2. The Morgan fingerprint density at radius 1 is 0.946 bits per heavy atom. The van der Waals surface area contributed by atoms with Crippen LogP contribution >= 0.6 is 11.6 Å². The quantitative estimate of drug-likeness (QED) is 0.397. The van der Waals surface area contributed by atoms with E-state index in [4.69, 9.17) is 11.6 Å². The summed E-state index contributed by atoms with van der Waals surface area (Å²) < 4.78 is 27.3. The van der Waals surface area contributed by atoms with E-state index in [9.17, 15) is 18.0 Å². The molecule has 0 aromatic heterocycles. The summed E-state index contributed by atoms with van der Waals surface area (Å²) >= 11 is 5.91. The molecule has 0 bridgehead atoms. The molecule has 1 N–H and O–H groups in total. The number of carbonyl (C=O) groups excluding carboxylic acids is 2. The van der Waals surface area contributed by atoms with Crippen LogP contribution in [0.25, 0.3) is 0 Å². The van der Waals surface area contributed by atoms with Crippen molar-refractivity contribution in [3.63, 3.8) is 0 Å². The summed E-state index contributed by atoms with van der Waals surface area (Å²) in [5.74, 6) is -0.771. The SMILES string of the molecule is CCNC(=O)C(Cc1ccccc1)N(Cc1ccccc1C)C(=O)CN(C)S(=O)(=O)c1ccc(Cl)cc1. The molecular formula is C28H32ClN3O4S. The number of halogens is 1. The number of hydrogen-bond donors (Lipinski definition) is 1. The fourth-order valence-electron chi connectivity index (χ4n) is 3.97. The van der Waals surface area contributed by atoms with Gasteiger partial charge < -0.3 is 10.2 Å². The third-order valence-corrected chi connectivity index (χ3v) is 8.17. The molecule has 0 aliphatic rings. The van der Waals surface area contributed by atoms with Gasteiger partial charge in [-0.2, -0.15) is 4.31 Å². The summed E-state index contributed by atoms with van der Waals surface area (Å²) in [4.78, 5) is 28.5. The Kier molecular flexibility index (Phi) is 9.86. The van der Waals surface area contributed by atoms with E-state index in [1.54, 1.807) is 0 Å². The maximum Gasteiger partial charge on any atom is 0.243 e. The summed E-state index contributed by atoms with van der Waals surface area (Å²) in [7, 11) is -2.60. The van der Waals surface area contributed by atoms with Gasteiger partial charge in [-0.05, 0) is 54.8 Å². The molecule has 3 aromatic rings. The Balaban J connectivity index is 1.96. The summed E-state index contributed by atoms with van der Waals surface area (Å²) in [5, 5.41) is 3.25. The van der Waals surface area contributed by atoms with Crippen LogP contribution in [0.5, 0.6) is 0 Å². The molecular weight excluding hydrogens is 510 g/mol. The monoisotopic (exact) mass is 541 g/mol. The van der Waals surface area contributed by atoms with Crippen LogP contribution in [0.4, 0.5) is 0 Å². The molecule has 1 unspecified atom stereocenters. The standard InChI is InChI=1S/C28H32ClN3O4S/c1-4-30-28(34)26(18-22-11-6-5-7-12-22)32(19-23-13-9-8-10-21(23)2)27(33)20-31(3)37(35,36)25-16-14-24(29)15-17-25/h5-17,26H,4,18-20H2,1-3H3,(H,30,34). The number of aryl methyl sites for hydroxylation is 1. The van der Waals surface area contributed by atoms with Gasteiger partial charge in [-0.1, -0.05) is 66.2 Å². The van der Waals surface area contributed by atoms with Crippen molar-refractivity contribution >= 4 is 33.4 Å². The van der Waals surface area contributed by atoms with Crippen molar-refractivity contribution in [2.45, 2.75) is 37.8 Å². The van der Waals surface area contributed by atoms with Crippen LogP contribution in [0, 0.1) is 6.92 Å². The number of nitrogens with one attached hydrogen (secondary N) is 1. The first-order valence-corrected chi connectivity index (χ1v) is 13.8. The van der Waals surface area contributed by atoms with E-state index < -0.39 is 28.5 Å². The Bertz CT molecular complexity index is 1310. The second-order valence-corrected chi connectivity index (χ2v) is 11.2. The minimum absolute atomic E-state index is 0.0298. The highest BCUT2D eigenvalue weighted by atomic mass is 35.5. The smallest absolute Gasteiger partial charge is 0.243 e. The average molecular weight is 542 g/mol. The molecule has 3 rings (SSSR count). The van der Waals surface area contributed by atoms with Gasteiger partial charge in [-0.25, -0.2) is 8.42 Å². The third kappa shape index (κ3) is 7.41. The Morgan fingerprint density at radius 3 is 2.19 bits per heavy atom. The molecule has 0 heterocycles. The van der Waals surface area contributed by atoms with Crippen molar-refractivity contribution in [1.29, 1.82) is 0 Å². The zero-order valence-corrected chi connectivity index (χ0v) is 22.8. The molecule has 0 saturated heterocycles. The molecule has 0 radical (unpaired) electrons. The molecule has 7 nitrogen and oxygen atoms in total. The summed E-state index contributed by atoms with van der Waals surface area (Å²) in [5.41, 5.74) is 2.74. The summed E-state index contributed by atoms with van der Waals surface area (Å²) in [6.07, 6.45) is 0.290. The van der Waals surface area contributed by atoms with Crippen molar-refractivity contribution < 1.29 is 18.0 Å². The largest absolute Gasteiger partial charge is 0.355 e. The molecule has 0 aliphatic carbocycles. The van der Waals surface area contributed by atoms with Gasteiger partial charge in [0.05, 0.1) is 11.4 Å². The van der Waals surface area contributed by atoms with E-state index >= 15 is 0 Å². The van der Waals surface area contributed by atoms with Crippen molar-refractivity contribution in [3.8, 4) is 0 Å². The van der Waals surface area contributed by atoms with Gasteiger partial charge in [-0.3, -0.25) is 9.59 Å². The van der Waals surface area contributed by atoms with E-state index in [-0.39, 0.29) is 23.8 Å². The predicted molar refractivity (Wildman–Crippen MR) is 146 cm³/mol. The highest BCUT2D eigenvalue weighted by Crippen LogP contribution is 2.20. The number of benzene rings is 3. The lowest BCUT2D eigenvalue weighted by atomic mass is 10.0. The maximum absolute atomic E-state index is 13.8. The normalized spacial score (nSPS) is 12.2. The van der Waals surface area contributed by atoms with Crippen molar-refractivity contribution in [1.82, 2.24) is 14.5 Å². The van der Waals surface area contributed by atoms with Crippen LogP contribution in [0.3, 0.4) is 0 Å². The number of sulfonamides is 1. The highest BCUT2D eigenvalue weighted by molar-refractivity contribution is 7.89. The molecule has 0 fully saturated rings. The van der Waals surface area contributed by atoms with Crippen LogP contribution in [-0.4, -0.2) is 55.6 Å². The fraction of sp³-hybridized carbons (Fsp3) is 0.286. The molecule has 9 heteroatoms. The summed E-state index contributed by atoms with van der Waals surface area (Å²) in [6, 6.07) is 22.0. The molecule has 37 heavy (non-hydrogen) atoms. The lowest BCUT2D eigenvalue weighted by Crippen LogP contribution is -2.53. The first kappa shape index (κ1) is 28.4. The molecule has 3 aromatic carbocycles. The number of rotatable bonds is 11. The van der Waals surface area contributed by atoms with Crippen LogP contribution in [-0.2, 0) is 32.6 Å². The van der Waals surface area contributed by atoms with Gasteiger partial charge in [0.2, 0.25) is 21.8 Å². The lowest BCUT2D eigenvalue weighted by Gasteiger charge is -2.33. The minimum atomic E-state index is -3.95. The maximum atomic E-state index is 13.8. The first-order chi connectivity index (χ1) is 17.6. The van der Waals surface area contributed by atoms with E-state index in [0.717, 1.165) is 21.0 Å². The van der Waals surface area contributed by atoms with Gasteiger partial charge in [0.1, 0.15) is 6.04 Å². The number of likely N-dealkylation sites (N-methyl/N-ethyl adjacent to an activating group) is 2. The Hall–Kier alpha value is -3.20. The average Bonchev–Trinajstić information content (AvgIpc) is 2.88. The van der Waals surface area contributed by atoms with Gasteiger partial charge >= 0.3 is 0 Å². The molecule has 1 atom stereocenters. The van der Waals surface area contributed by atoms with Crippen molar-refractivity contribution in [2.24, 2.45) is 0 Å². The summed E-state index contributed by atoms with van der Waals surface area (Å²) in [6.45, 7) is 3.89. The predicted octanol–water partition coefficient (Wildman–Crippen LogP) is 4.05. The van der Waals surface area contributed by atoms with Crippen LogP contribution in [0.2, 0.25) is 5.02 Å². The molecule has 0 aliphatic heterocycles. The number of amides is 2. The second kappa shape index (κ2) is 12.9. The van der Waals surface area contributed by atoms with Crippen molar-refractivity contribution in [3.05, 3.63) is 101 Å². The molecule has 0 spiro atoms. The van der Waals surface area contributed by atoms with E-state index in [1.807, 2.05) is 68.4 Å². The number of hydrogen-bond acceptors (Lipinski definition) is 4. The van der Waals surface area contributed by atoms with E-state index in [0.29, 0.717) is 11.6 Å². The van der Waals surface area contributed by atoms with E-state index in [2.05, 4.69) is 5.32 Å². The topological polar surface area (TPSA) is 86.8 Å². The van der Waals surface area contributed by atoms with Gasteiger partial charge in [0, 0.05) is 31.6 Å². The first-order valence-electron chi connectivity index (χ1n) is 12.0. The zero-order chi connectivity index (χ0) is 27.0. The van der Waals surface area contributed by atoms with Crippen LogP contribution in [0.1, 0.15) is 23.6 Å². The fourth-order valence-corrected chi connectivity index (χ4v) is 5.22. The molecule has 2 amide bonds. The Labute approximate surface area is 224 Å². The van der Waals surface area contributed by atoms with Gasteiger partial charge in [0.25, 0.3) is 0 Å². The number of nitrogens with zero attached hydrogens (tertiary/aromatic N) is 2. The van der Waals surface area contributed by atoms with Gasteiger partial charge in [-0.15, -0.1) is 0 Å². The Morgan fingerprint density at radius 2 is 1.57 bits per heavy atom. The lowest BCUT2D eigenvalue weighted by molar-refractivity contribution is -0.141. The van der Waals surface area contributed by atoms with Gasteiger partial charge in [0.15, 0.2) is 0 Å². The highest BCUT2D eigenvalue weighted by Gasteiger charge is 2.33. The van der Waals surface area contributed by atoms with Crippen LogP contribution in [0.15, 0.2) is 83.8 Å². The zero-order valence-electron chi connectivity index (χ0n) is 21.2. The third-order valence-electron chi connectivity index (χ3n) is 6.10. The van der Waals surface area contributed by atoms with Crippen molar-refractivity contribution in [2.75, 3.05) is 20.1 Å². The van der Waals surface area contributed by atoms with E-state index in [1.165, 1.54) is 36.2 Å². The van der Waals surface area contributed by atoms with Crippen LogP contribution < -0.4 is 5.32 Å².